The molecule has 1 unspecified atom stereocenters. The third-order valence-corrected chi connectivity index (χ3v) is 3.12. The van der Waals surface area contributed by atoms with Gasteiger partial charge in [-0.2, -0.15) is 0 Å². The molecule has 2 heterocycles. The number of hydrogen-bond acceptors (Lipinski definition) is 4. The van der Waals surface area contributed by atoms with Crippen molar-refractivity contribution in [2.24, 2.45) is 0 Å². The predicted octanol–water partition coefficient (Wildman–Crippen LogP) is 1.66. The molecule has 1 aliphatic heterocycles. The van der Waals surface area contributed by atoms with Gasteiger partial charge in [0, 0.05) is 19.3 Å². The van der Waals surface area contributed by atoms with E-state index in [-0.39, 0.29) is 0 Å². The molecular formula is C12H17N3O2. The van der Waals surface area contributed by atoms with Crippen molar-refractivity contribution in [3.63, 3.8) is 0 Å². The first-order valence-electron chi connectivity index (χ1n) is 5.99. The van der Waals surface area contributed by atoms with Crippen molar-refractivity contribution >= 4 is 11.9 Å². The van der Waals surface area contributed by atoms with E-state index in [1.54, 1.807) is 19.2 Å². The average molecular weight is 235 g/mol. The van der Waals surface area contributed by atoms with Crippen molar-refractivity contribution in [2.75, 3.05) is 18.0 Å². The molecule has 1 aromatic rings. The predicted molar refractivity (Wildman–Crippen MR) is 64.1 cm³/mol. The van der Waals surface area contributed by atoms with E-state index in [1.807, 2.05) is 0 Å². The summed E-state index contributed by atoms with van der Waals surface area (Å²) in [5, 5.41) is 8.96. The van der Waals surface area contributed by atoms with Crippen LogP contribution in [0.3, 0.4) is 0 Å². The maximum atomic E-state index is 10.9. The van der Waals surface area contributed by atoms with E-state index in [9.17, 15) is 4.79 Å². The first-order valence-corrected chi connectivity index (χ1v) is 5.99. The van der Waals surface area contributed by atoms with E-state index in [1.165, 1.54) is 6.42 Å². The highest BCUT2D eigenvalue weighted by Crippen LogP contribution is 2.18. The van der Waals surface area contributed by atoms with Crippen LogP contribution in [-0.4, -0.2) is 34.1 Å². The standard InChI is InChI=1S/C12H17N3O2/c1-9(11(16)17)10-5-6-13-12(14-10)15-7-3-2-4-8-15/h5-6,9H,2-4,7-8H2,1H3,(H,16,17). The molecule has 1 fully saturated rings. The highest BCUT2D eigenvalue weighted by molar-refractivity contribution is 5.74. The second kappa shape index (κ2) is 5.12. The van der Waals surface area contributed by atoms with E-state index in [0.717, 1.165) is 25.9 Å². The van der Waals surface area contributed by atoms with Gasteiger partial charge in [-0.25, -0.2) is 9.97 Å². The molecule has 1 atom stereocenters. The van der Waals surface area contributed by atoms with Crippen LogP contribution in [0, 0.1) is 0 Å². The topological polar surface area (TPSA) is 66.3 Å². The van der Waals surface area contributed by atoms with Gasteiger partial charge in [-0.15, -0.1) is 0 Å². The highest BCUT2D eigenvalue weighted by atomic mass is 16.4. The second-order valence-electron chi connectivity index (χ2n) is 4.39. The van der Waals surface area contributed by atoms with Crippen molar-refractivity contribution in [3.8, 4) is 0 Å². The molecule has 0 aliphatic carbocycles. The van der Waals surface area contributed by atoms with Crippen molar-refractivity contribution < 1.29 is 9.90 Å². The maximum Gasteiger partial charge on any atom is 0.312 e. The van der Waals surface area contributed by atoms with Crippen LogP contribution in [0.4, 0.5) is 5.95 Å². The minimum Gasteiger partial charge on any atom is -0.481 e. The molecule has 0 radical (unpaired) electrons. The number of carboxylic acids is 1. The minimum absolute atomic E-state index is 0.577. The quantitative estimate of drug-likeness (QED) is 0.863. The van der Waals surface area contributed by atoms with Gasteiger partial charge in [0.1, 0.15) is 0 Å². The number of piperidine rings is 1. The number of rotatable bonds is 3. The molecule has 0 amide bonds. The number of anilines is 1. The highest BCUT2D eigenvalue weighted by Gasteiger charge is 2.18. The summed E-state index contributed by atoms with van der Waals surface area (Å²) in [4.78, 5) is 21.6. The van der Waals surface area contributed by atoms with E-state index in [4.69, 9.17) is 5.11 Å². The van der Waals surface area contributed by atoms with Crippen LogP contribution in [-0.2, 0) is 4.79 Å². The number of nitrogens with zero attached hydrogens (tertiary/aromatic N) is 3. The average Bonchev–Trinajstić information content (AvgIpc) is 2.39. The Balaban J connectivity index is 2.18. The molecule has 1 aromatic heterocycles. The molecule has 5 heteroatoms. The summed E-state index contributed by atoms with van der Waals surface area (Å²) in [6, 6.07) is 1.67. The molecule has 1 saturated heterocycles. The van der Waals surface area contributed by atoms with Crippen LogP contribution in [0.25, 0.3) is 0 Å². The molecular weight excluding hydrogens is 218 g/mol. The Morgan fingerprint density at radius 3 is 2.76 bits per heavy atom. The van der Waals surface area contributed by atoms with Gasteiger partial charge in [-0.1, -0.05) is 0 Å². The summed E-state index contributed by atoms with van der Waals surface area (Å²) in [5.74, 6) is -0.773. The van der Waals surface area contributed by atoms with Crippen LogP contribution in [0.5, 0.6) is 0 Å². The molecule has 0 aromatic carbocycles. The summed E-state index contributed by atoms with van der Waals surface area (Å²) < 4.78 is 0. The van der Waals surface area contributed by atoms with Crippen molar-refractivity contribution in [3.05, 3.63) is 18.0 Å². The molecule has 1 aliphatic rings. The lowest BCUT2D eigenvalue weighted by atomic mass is 10.1. The lowest BCUT2D eigenvalue weighted by Gasteiger charge is -2.26. The number of aliphatic carboxylic acids is 1. The van der Waals surface area contributed by atoms with E-state index in [0.29, 0.717) is 11.6 Å². The fourth-order valence-electron chi connectivity index (χ4n) is 1.98. The maximum absolute atomic E-state index is 10.9. The molecule has 17 heavy (non-hydrogen) atoms. The van der Waals surface area contributed by atoms with Crippen molar-refractivity contribution in [1.82, 2.24) is 9.97 Å². The Morgan fingerprint density at radius 1 is 1.41 bits per heavy atom. The van der Waals surface area contributed by atoms with E-state index >= 15 is 0 Å². The molecule has 92 valence electrons. The Labute approximate surface area is 100 Å². The summed E-state index contributed by atoms with van der Waals surface area (Å²) in [7, 11) is 0. The van der Waals surface area contributed by atoms with Crippen LogP contribution in [0.1, 0.15) is 37.8 Å². The molecule has 5 nitrogen and oxygen atoms in total. The van der Waals surface area contributed by atoms with Crippen LogP contribution >= 0.6 is 0 Å². The zero-order valence-corrected chi connectivity index (χ0v) is 9.96. The fraction of sp³-hybridized carbons (Fsp3) is 0.583. The minimum atomic E-state index is -0.853. The van der Waals surface area contributed by atoms with Gasteiger partial charge in [-0.05, 0) is 32.3 Å². The van der Waals surface area contributed by atoms with Crippen LogP contribution < -0.4 is 4.90 Å². The van der Waals surface area contributed by atoms with Crippen LogP contribution in [0.2, 0.25) is 0 Å². The fourth-order valence-corrected chi connectivity index (χ4v) is 1.98. The normalized spacial score (nSPS) is 17.8. The Hall–Kier alpha value is -1.65. The summed E-state index contributed by atoms with van der Waals surface area (Å²) in [6.07, 6.45) is 5.21. The smallest absolute Gasteiger partial charge is 0.312 e. The molecule has 0 spiro atoms. The van der Waals surface area contributed by atoms with Crippen molar-refractivity contribution in [2.45, 2.75) is 32.1 Å². The van der Waals surface area contributed by atoms with Gasteiger partial charge >= 0.3 is 5.97 Å². The number of aromatic nitrogens is 2. The monoisotopic (exact) mass is 235 g/mol. The van der Waals surface area contributed by atoms with Gasteiger partial charge in [0.2, 0.25) is 5.95 Å². The zero-order valence-electron chi connectivity index (χ0n) is 9.96. The van der Waals surface area contributed by atoms with Crippen LogP contribution in [0.15, 0.2) is 12.3 Å². The third kappa shape index (κ3) is 2.72. The van der Waals surface area contributed by atoms with Gasteiger partial charge < -0.3 is 10.0 Å². The van der Waals surface area contributed by atoms with Gasteiger partial charge in [0.15, 0.2) is 0 Å². The number of hydrogen-bond donors (Lipinski definition) is 1. The lowest BCUT2D eigenvalue weighted by molar-refractivity contribution is -0.138. The second-order valence-corrected chi connectivity index (χ2v) is 4.39. The first kappa shape index (κ1) is 11.8. The first-order chi connectivity index (χ1) is 8.18. The molecule has 1 N–H and O–H groups in total. The van der Waals surface area contributed by atoms with E-state index < -0.39 is 11.9 Å². The van der Waals surface area contributed by atoms with Crippen molar-refractivity contribution in [1.29, 1.82) is 0 Å². The SMILES string of the molecule is CC(C(=O)O)c1ccnc(N2CCCCC2)n1. The summed E-state index contributed by atoms with van der Waals surface area (Å²) in [5.41, 5.74) is 0.577. The Kier molecular flexibility index (Phi) is 3.56. The zero-order chi connectivity index (χ0) is 12.3. The molecule has 0 saturated carbocycles. The number of carboxylic acid groups (broad SMARTS) is 1. The van der Waals surface area contributed by atoms with Gasteiger partial charge in [0.25, 0.3) is 0 Å². The number of carbonyl (C=O) groups is 1. The van der Waals surface area contributed by atoms with E-state index in [2.05, 4.69) is 14.9 Å². The van der Waals surface area contributed by atoms with Gasteiger partial charge in [0.05, 0.1) is 11.6 Å². The largest absolute Gasteiger partial charge is 0.481 e. The Bertz CT molecular complexity index is 402. The van der Waals surface area contributed by atoms with Gasteiger partial charge in [-0.3, -0.25) is 4.79 Å². The molecule has 0 bridgehead atoms. The molecule has 2 rings (SSSR count). The Morgan fingerprint density at radius 2 is 2.12 bits per heavy atom. The third-order valence-electron chi connectivity index (χ3n) is 3.12. The lowest BCUT2D eigenvalue weighted by Crippen LogP contribution is -2.31. The summed E-state index contributed by atoms with van der Waals surface area (Å²) in [6.45, 7) is 3.57. The summed E-state index contributed by atoms with van der Waals surface area (Å²) >= 11 is 0.